The molecule has 0 amide bonds. The number of nitrogens with one attached hydrogen (secondary N) is 1. The van der Waals surface area contributed by atoms with E-state index < -0.39 is 12.8 Å². The van der Waals surface area contributed by atoms with E-state index in [1.54, 1.807) is 20.1 Å². The molecule has 136 valence electrons. The van der Waals surface area contributed by atoms with E-state index in [9.17, 15) is 9.83 Å². The number of hydrogen-bond acceptors (Lipinski definition) is 3. The quantitative estimate of drug-likeness (QED) is 0.662. The molecule has 0 aliphatic rings. The molecule has 0 bridgehead atoms. The van der Waals surface area contributed by atoms with E-state index in [0.29, 0.717) is 21.9 Å². The summed E-state index contributed by atoms with van der Waals surface area (Å²) in [5, 5.41) is 14.5. The number of methoxy groups -OCH3 is 1. The molecule has 1 atom stereocenters. The van der Waals surface area contributed by atoms with Crippen molar-refractivity contribution in [1.82, 2.24) is 5.09 Å². The zero-order chi connectivity index (χ0) is 19.3. The first-order valence-corrected chi connectivity index (χ1v) is 10.3. The third kappa shape index (κ3) is 3.66. The van der Waals surface area contributed by atoms with E-state index in [-0.39, 0.29) is 0 Å². The van der Waals surface area contributed by atoms with Crippen LogP contribution in [0.5, 0.6) is 5.75 Å². The molecule has 4 nitrogen and oxygen atoms in total. The van der Waals surface area contributed by atoms with Gasteiger partial charge in [-0.25, -0.2) is 5.09 Å². The maximum absolute atomic E-state index is 14.3. The summed E-state index contributed by atoms with van der Waals surface area (Å²) in [6.07, 6.45) is 0. The van der Waals surface area contributed by atoms with Gasteiger partial charge in [-0.15, -0.1) is 0 Å². The first-order chi connectivity index (χ1) is 13.0. The van der Waals surface area contributed by atoms with E-state index in [1.165, 1.54) is 0 Å². The first-order valence-electron chi connectivity index (χ1n) is 8.59. The van der Waals surface area contributed by atoms with Crippen LogP contribution in [0.1, 0.15) is 12.5 Å². The minimum atomic E-state index is -3.29. The molecule has 0 heterocycles. The van der Waals surface area contributed by atoms with Gasteiger partial charge in [-0.3, -0.25) is 4.57 Å². The molecular formula is C22H21N2O2P. The predicted molar refractivity (Wildman–Crippen MR) is 109 cm³/mol. The van der Waals surface area contributed by atoms with Crippen LogP contribution in [0.25, 0.3) is 0 Å². The van der Waals surface area contributed by atoms with E-state index >= 15 is 0 Å². The molecule has 1 N–H and O–H groups in total. The van der Waals surface area contributed by atoms with Gasteiger partial charge in [0, 0.05) is 16.2 Å². The maximum atomic E-state index is 14.3. The largest absolute Gasteiger partial charge is 0.496 e. The minimum Gasteiger partial charge on any atom is -0.496 e. The predicted octanol–water partition coefficient (Wildman–Crippen LogP) is 3.95. The fraction of sp³-hybridized carbons (Fsp3) is 0.136. The van der Waals surface area contributed by atoms with Gasteiger partial charge in [0.2, 0.25) is 7.29 Å². The number of ether oxygens (including phenoxy) is 1. The first kappa shape index (κ1) is 18.9. The highest BCUT2D eigenvalue weighted by Crippen LogP contribution is 2.44. The third-order valence-electron chi connectivity index (χ3n) is 4.49. The van der Waals surface area contributed by atoms with Gasteiger partial charge in [0.1, 0.15) is 11.3 Å². The molecule has 0 radical (unpaired) electrons. The Morgan fingerprint density at radius 2 is 1.37 bits per heavy atom. The van der Waals surface area contributed by atoms with Crippen molar-refractivity contribution in [1.29, 1.82) is 5.26 Å². The second-order valence-electron chi connectivity index (χ2n) is 6.33. The molecule has 0 unspecified atom stereocenters. The Bertz CT molecular complexity index is 956. The molecule has 0 spiro atoms. The second kappa shape index (κ2) is 7.80. The van der Waals surface area contributed by atoms with Crippen LogP contribution in [0.2, 0.25) is 0 Å². The van der Waals surface area contributed by atoms with Crippen molar-refractivity contribution in [3.05, 3.63) is 90.5 Å². The summed E-state index contributed by atoms with van der Waals surface area (Å²) >= 11 is 0. The summed E-state index contributed by atoms with van der Waals surface area (Å²) in [5.74, 6) is 0.571. The smallest absolute Gasteiger partial charge is 0.206 e. The Kier molecular flexibility index (Phi) is 5.46. The topological polar surface area (TPSA) is 62.1 Å². The summed E-state index contributed by atoms with van der Waals surface area (Å²) in [6, 6.07) is 28.0. The number of rotatable bonds is 6. The zero-order valence-corrected chi connectivity index (χ0v) is 16.2. The van der Waals surface area contributed by atoms with E-state index in [0.717, 1.165) is 0 Å². The molecule has 0 saturated carbocycles. The van der Waals surface area contributed by atoms with Gasteiger partial charge in [0.25, 0.3) is 0 Å². The molecule has 0 saturated heterocycles. The fourth-order valence-corrected chi connectivity index (χ4v) is 5.61. The Morgan fingerprint density at radius 3 is 1.85 bits per heavy atom. The van der Waals surface area contributed by atoms with Crippen molar-refractivity contribution in [2.75, 3.05) is 7.11 Å². The van der Waals surface area contributed by atoms with Crippen molar-refractivity contribution in [3.8, 4) is 11.8 Å². The molecule has 0 aliphatic carbocycles. The lowest BCUT2D eigenvalue weighted by Gasteiger charge is -2.31. The SMILES string of the molecule is COc1ccccc1[C@@](C)(C#N)NP(=O)(c1ccccc1)c1ccccc1. The number of benzene rings is 3. The molecule has 5 heteroatoms. The zero-order valence-electron chi connectivity index (χ0n) is 15.3. The lowest BCUT2D eigenvalue weighted by atomic mass is 9.94. The fourth-order valence-electron chi connectivity index (χ4n) is 3.07. The Morgan fingerprint density at radius 1 is 0.889 bits per heavy atom. The number of nitrogens with zero attached hydrogens (tertiary/aromatic N) is 1. The number of nitriles is 1. The van der Waals surface area contributed by atoms with Gasteiger partial charge in [-0.1, -0.05) is 54.6 Å². The third-order valence-corrected chi connectivity index (χ3v) is 7.30. The minimum absolute atomic E-state index is 0.571. The molecule has 0 aromatic heterocycles. The molecule has 27 heavy (non-hydrogen) atoms. The Labute approximate surface area is 159 Å². The molecule has 0 aliphatic heterocycles. The average Bonchev–Trinajstić information content (AvgIpc) is 2.74. The highest BCUT2D eigenvalue weighted by Gasteiger charge is 2.39. The highest BCUT2D eigenvalue weighted by molar-refractivity contribution is 7.77. The van der Waals surface area contributed by atoms with Crippen LogP contribution in [0, 0.1) is 11.3 Å². The van der Waals surface area contributed by atoms with Crippen LogP contribution in [0.4, 0.5) is 0 Å². The summed E-state index contributed by atoms with van der Waals surface area (Å²) in [5.41, 5.74) is -0.574. The van der Waals surface area contributed by atoms with Gasteiger partial charge in [0.05, 0.1) is 13.2 Å². The highest BCUT2D eigenvalue weighted by atomic mass is 31.2. The van der Waals surface area contributed by atoms with E-state index in [2.05, 4.69) is 11.2 Å². The summed E-state index contributed by atoms with van der Waals surface area (Å²) in [6.45, 7) is 1.73. The monoisotopic (exact) mass is 376 g/mol. The van der Waals surface area contributed by atoms with Crippen LogP contribution >= 0.6 is 7.29 Å². The van der Waals surface area contributed by atoms with Gasteiger partial charge in [-0.2, -0.15) is 5.26 Å². The lowest BCUT2D eigenvalue weighted by Crippen LogP contribution is -2.41. The van der Waals surface area contributed by atoms with E-state index in [4.69, 9.17) is 4.74 Å². The van der Waals surface area contributed by atoms with Crippen LogP contribution in [-0.2, 0) is 10.1 Å². The molecule has 0 fully saturated rings. The summed E-state index contributed by atoms with van der Waals surface area (Å²) in [4.78, 5) is 0. The van der Waals surface area contributed by atoms with Gasteiger partial charge >= 0.3 is 0 Å². The number of hydrogen-bond donors (Lipinski definition) is 1. The normalized spacial score (nSPS) is 13.4. The molecule has 3 aromatic rings. The summed E-state index contributed by atoms with van der Waals surface area (Å²) < 4.78 is 19.7. The summed E-state index contributed by atoms with van der Waals surface area (Å²) in [7, 11) is -1.73. The molecule has 3 aromatic carbocycles. The van der Waals surface area contributed by atoms with Crippen molar-refractivity contribution in [3.63, 3.8) is 0 Å². The van der Waals surface area contributed by atoms with Gasteiger partial charge < -0.3 is 4.74 Å². The standard InChI is InChI=1S/C22H21N2O2P/c1-22(17-23,20-15-9-10-16-21(20)26-2)24-27(25,18-11-5-3-6-12-18)19-13-7-4-8-14-19/h3-16H,1-2H3,(H,24,25)/t22-/m1/s1. The van der Waals surface area contributed by atoms with Crippen LogP contribution < -0.4 is 20.4 Å². The van der Waals surface area contributed by atoms with Crippen molar-refractivity contribution in [2.24, 2.45) is 0 Å². The van der Waals surface area contributed by atoms with E-state index in [1.807, 2.05) is 78.9 Å². The van der Waals surface area contributed by atoms with Crippen molar-refractivity contribution < 1.29 is 9.30 Å². The second-order valence-corrected chi connectivity index (χ2v) is 8.80. The Balaban J connectivity index is 2.17. The molecular weight excluding hydrogens is 355 g/mol. The average molecular weight is 376 g/mol. The van der Waals surface area contributed by atoms with Gasteiger partial charge in [0.15, 0.2) is 0 Å². The van der Waals surface area contributed by atoms with Crippen molar-refractivity contribution in [2.45, 2.75) is 12.5 Å². The number of para-hydroxylation sites is 1. The Hall–Kier alpha value is -2.86. The van der Waals surface area contributed by atoms with Crippen LogP contribution in [-0.4, -0.2) is 7.11 Å². The van der Waals surface area contributed by atoms with Gasteiger partial charge in [-0.05, 0) is 37.3 Å². The maximum Gasteiger partial charge on any atom is 0.206 e. The molecule has 3 rings (SSSR count). The van der Waals surface area contributed by atoms with Crippen LogP contribution in [0.3, 0.4) is 0 Å². The van der Waals surface area contributed by atoms with Crippen LogP contribution in [0.15, 0.2) is 84.9 Å². The lowest BCUT2D eigenvalue weighted by molar-refractivity contribution is 0.397. The van der Waals surface area contributed by atoms with Crippen molar-refractivity contribution >= 4 is 17.9 Å².